The highest BCUT2D eigenvalue weighted by molar-refractivity contribution is 6.10. The number of hydrogen-bond donors (Lipinski definition) is 0. The molecule has 0 unspecified atom stereocenters. The lowest BCUT2D eigenvalue weighted by atomic mass is 9.97. The molecule has 0 aliphatic rings. The summed E-state index contributed by atoms with van der Waals surface area (Å²) in [5.41, 5.74) is 3.65. The van der Waals surface area contributed by atoms with Gasteiger partial charge in [-0.1, -0.05) is 24.3 Å². The van der Waals surface area contributed by atoms with Crippen molar-refractivity contribution in [2.24, 2.45) is 0 Å². The number of rotatable bonds is 4. The fourth-order valence-electron chi connectivity index (χ4n) is 1.97. The molecule has 0 amide bonds. The molecule has 0 aromatic heterocycles. The standard InChI is InChI=1S/C17H14O3/c1-11-3-4-13(7-12(11)2)17(20)14-5-6-15(9-18)16(8-14)10-19/h3-10H,1-2H3. The second-order valence-corrected chi connectivity index (χ2v) is 4.71. The van der Waals surface area contributed by atoms with Gasteiger partial charge >= 0.3 is 0 Å². The summed E-state index contributed by atoms with van der Waals surface area (Å²) in [4.78, 5) is 34.1. The summed E-state index contributed by atoms with van der Waals surface area (Å²) >= 11 is 0. The first-order chi connectivity index (χ1) is 9.56. The zero-order chi connectivity index (χ0) is 14.7. The van der Waals surface area contributed by atoms with Crippen LogP contribution < -0.4 is 0 Å². The average Bonchev–Trinajstić information content (AvgIpc) is 2.48. The molecule has 2 aromatic rings. The van der Waals surface area contributed by atoms with Crippen LogP contribution in [0.1, 0.15) is 47.8 Å². The van der Waals surface area contributed by atoms with E-state index in [4.69, 9.17) is 0 Å². The minimum absolute atomic E-state index is 0.159. The number of benzene rings is 2. The Hall–Kier alpha value is -2.55. The molecule has 3 nitrogen and oxygen atoms in total. The number of aryl methyl sites for hydroxylation is 2. The lowest BCUT2D eigenvalue weighted by molar-refractivity contribution is 0.103. The Kier molecular flexibility index (Phi) is 3.89. The molecule has 0 radical (unpaired) electrons. The van der Waals surface area contributed by atoms with Gasteiger partial charge in [-0.15, -0.1) is 0 Å². The van der Waals surface area contributed by atoms with Crippen LogP contribution in [0.4, 0.5) is 0 Å². The summed E-state index contributed by atoms with van der Waals surface area (Å²) in [5, 5.41) is 0. The van der Waals surface area contributed by atoms with Crippen molar-refractivity contribution in [2.75, 3.05) is 0 Å². The Morgan fingerprint density at radius 2 is 1.40 bits per heavy atom. The van der Waals surface area contributed by atoms with Crippen LogP contribution in [-0.2, 0) is 0 Å². The van der Waals surface area contributed by atoms with Crippen LogP contribution in [0.3, 0.4) is 0 Å². The molecule has 0 saturated heterocycles. The first kappa shape index (κ1) is 13.9. The van der Waals surface area contributed by atoms with Crippen molar-refractivity contribution >= 4 is 18.4 Å². The zero-order valence-corrected chi connectivity index (χ0v) is 11.3. The maximum absolute atomic E-state index is 12.4. The molecular formula is C17H14O3. The number of aldehydes is 2. The average molecular weight is 266 g/mol. The van der Waals surface area contributed by atoms with Crippen LogP contribution in [0.15, 0.2) is 36.4 Å². The maximum atomic E-state index is 12.4. The minimum atomic E-state index is -0.159. The van der Waals surface area contributed by atoms with E-state index in [1.165, 1.54) is 12.1 Å². The summed E-state index contributed by atoms with van der Waals surface area (Å²) in [5.74, 6) is -0.159. The maximum Gasteiger partial charge on any atom is 0.193 e. The number of ketones is 1. The van der Waals surface area contributed by atoms with E-state index in [1.54, 1.807) is 12.1 Å². The van der Waals surface area contributed by atoms with Gasteiger partial charge in [0.05, 0.1) is 0 Å². The van der Waals surface area contributed by atoms with E-state index in [0.717, 1.165) is 11.1 Å². The predicted octanol–water partition coefficient (Wildman–Crippen LogP) is 3.16. The van der Waals surface area contributed by atoms with E-state index in [9.17, 15) is 14.4 Å². The summed E-state index contributed by atoms with van der Waals surface area (Å²) in [7, 11) is 0. The van der Waals surface area contributed by atoms with E-state index in [-0.39, 0.29) is 16.9 Å². The van der Waals surface area contributed by atoms with E-state index < -0.39 is 0 Å². The van der Waals surface area contributed by atoms with Gasteiger partial charge in [0, 0.05) is 22.3 Å². The molecule has 0 saturated carbocycles. The van der Waals surface area contributed by atoms with Gasteiger partial charge in [0.1, 0.15) is 0 Å². The molecule has 2 aromatic carbocycles. The molecule has 0 fully saturated rings. The van der Waals surface area contributed by atoms with Crippen LogP contribution in [-0.4, -0.2) is 18.4 Å². The third-order valence-corrected chi connectivity index (χ3v) is 3.37. The third-order valence-electron chi connectivity index (χ3n) is 3.37. The third kappa shape index (κ3) is 2.57. The molecule has 0 heterocycles. The molecule has 100 valence electrons. The number of carbonyl (C=O) groups is 3. The Morgan fingerprint density at radius 3 is 2.00 bits per heavy atom. The minimum Gasteiger partial charge on any atom is -0.298 e. The van der Waals surface area contributed by atoms with Gasteiger partial charge in [0.2, 0.25) is 0 Å². The van der Waals surface area contributed by atoms with Gasteiger partial charge in [-0.2, -0.15) is 0 Å². The summed E-state index contributed by atoms with van der Waals surface area (Å²) < 4.78 is 0. The van der Waals surface area contributed by atoms with Crippen molar-refractivity contribution in [3.05, 3.63) is 69.8 Å². The van der Waals surface area contributed by atoms with Gasteiger partial charge in [0.25, 0.3) is 0 Å². The molecule has 0 bridgehead atoms. The van der Waals surface area contributed by atoms with Crippen LogP contribution in [0.25, 0.3) is 0 Å². The van der Waals surface area contributed by atoms with Crippen molar-refractivity contribution in [1.82, 2.24) is 0 Å². The number of carbonyl (C=O) groups excluding carboxylic acids is 3. The summed E-state index contributed by atoms with van der Waals surface area (Å²) in [6.07, 6.45) is 1.19. The molecule has 0 N–H and O–H groups in total. The van der Waals surface area contributed by atoms with Crippen LogP contribution in [0.5, 0.6) is 0 Å². The van der Waals surface area contributed by atoms with Gasteiger partial charge in [-0.05, 0) is 37.1 Å². The highest BCUT2D eigenvalue weighted by Gasteiger charge is 2.12. The summed E-state index contributed by atoms with van der Waals surface area (Å²) in [6, 6.07) is 9.99. The van der Waals surface area contributed by atoms with Crippen molar-refractivity contribution in [1.29, 1.82) is 0 Å². The lowest BCUT2D eigenvalue weighted by Crippen LogP contribution is -2.04. The van der Waals surface area contributed by atoms with Crippen molar-refractivity contribution < 1.29 is 14.4 Å². The van der Waals surface area contributed by atoms with E-state index in [2.05, 4.69) is 0 Å². The fraction of sp³-hybridized carbons (Fsp3) is 0.118. The predicted molar refractivity (Wildman–Crippen MR) is 76.6 cm³/mol. The van der Waals surface area contributed by atoms with Gasteiger partial charge in [0.15, 0.2) is 18.4 Å². The molecule has 0 aliphatic heterocycles. The quantitative estimate of drug-likeness (QED) is 0.631. The molecule has 3 heteroatoms. The number of hydrogen-bond acceptors (Lipinski definition) is 3. The summed E-state index contributed by atoms with van der Waals surface area (Å²) in [6.45, 7) is 3.92. The Balaban J connectivity index is 2.45. The van der Waals surface area contributed by atoms with E-state index >= 15 is 0 Å². The Bertz CT molecular complexity index is 699. The van der Waals surface area contributed by atoms with E-state index in [1.807, 2.05) is 26.0 Å². The zero-order valence-electron chi connectivity index (χ0n) is 11.3. The normalized spacial score (nSPS) is 10.1. The van der Waals surface area contributed by atoms with Crippen molar-refractivity contribution in [3.63, 3.8) is 0 Å². The monoisotopic (exact) mass is 266 g/mol. The molecule has 0 atom stereocenters. The van der Waals surface area contributed by atoms with Crippen LogP contribution in [0.2, 0.25) is 0 Å². The Labute approximate surface area is 117 Å². The highest BCUT2D eigenvalue weighted by Crippen LogP contribution is 2.16. The van der Waals surface area contributed by atoms with Crippen molar-refractivity contribution in [2.45, 2.75) is 13.8 Å². The molecular weight excluding hydrogens is 252 g/mol. The molecule has 0 aliphatic carbocycles. The van der Waals surface area contributed by atoms with Gasteiger partial charge in [-0.25, -0.2) is 0 Å². The lowest BCUT2D eigenvalue weighted by Gasteiger charge is -2.06. The van der Waals surface area contributed by atoms with Gasteiger partial charge in [-0.3, -0.25) is 14.4 Å². The van der Waals surface area contributed by atoms with Crippen molar-refractivity contribution in [3.8, 4) is 0 Å². The first-order valence-corrected chi connectivity index (χ1v) is 6.23. The topological polar surface area (TPSA) is 51.2 Å². The van der Waals surface area contributed by atoms with Crippen LogP contribution >= 0.6 is 0 Å². The highest BCUT2D eigenvalue weighted by atomic mass is 16.1. The molecule has 20 heavy (non-hydrogen) atoms. The second kappa shape index (κ2) is 5.61. The van der Waals surface area contributed by atoms with Crippen LogP contribution in [0, 0.1) is 13.8 Å². The SMILES string of the molecule is Cc1ccc(C(=O)c2ccc(C=O)c(C=O)c2)cc1C. The molecule has 2 rings (SSSR count). The van der Waals surface area contributed by atoms with E-state index in [0.29, 0.717) is 23.7 Å². The first-order valence-electron chi connectivity index (χ1n) is 6.23. The Morgan fingerprint density at radius 1 is 0.800 bits per heavy atom. The second-order valence-electron chi connectivity index (χ2n) is 4.71. The smallest absolute Gasteiger partial charge is 0.193 e. The molecule has 0 spiro atoms. The van der Waals surface area contributed by atoms with Gasteiger partial charge < -0.3 is 0 Å². The fourth-order valence-corrected chi connectivity index (χ4v) is 1.97. The largest absolute Gasteiger partial charge is 0.298 e.